The molecular formula is C18H16Cl2N2O2. The van der Waals surface area contributed by atoms with Gasteiger partial charge in [-0.2, -0.15) is 0 Å². The third-order valence-corrected chi connectivity index (χ3v) is 4.60. The number of rotatable bonds is 4. The molecule has 0 saturated heterocycles. The molecule has 124 valence electrons. The molecule has 0 saturated carbocycles. The molecule has 1 atom stereocenters. The molecule has 2 aromatic carbocycles. The second kappa shape index (κ2) is 7.24. The van der Waals surface area contributed by atoms with Crippen LogP contribution < -0.4 is 10.6 Å². The van der Waals surface area contributed by atoms with Gasteiger partial charge in [0, 0.05) is 5.02 Å². The lowest BCUT2D eigenvalue weighted by atomic mass is 10.1. The molecule has 0 heterocycles. The van der Waals surface area contributed by atoms with E-state index in [0.29, 0.717) is 10.6 Å². The first kappa shape index (κ1) is 16.8. The molecule has 6 heteroatoms. The van der Waals surface area contributed by atoms with Crippen LogP contribution in [0.15, 0.2) is 42.5 Å². The fourth-order valence-electron chi connectivity index (χ4n) is 2.88. The second-order valence-electron chi connectivity index (χ2n) is 5.66. The summed E-state index contributed by atoms with van der Waals surface area (Å²) in [5.41, 5.74) is 2.71. The zero-order valence-corrected chi connectivity index (χ0v) is 14.3. The molecule has 24 heavy (non-hydrogen) atoms. The van der Waals surface area contributed by atoms with E-state index < -0.39 is 5.91 Å². The lowest BCUT2D eigenvalue weighted by Gasteiger charge is -2.14. The van der Waals surface area contributed by atoms with Crippen molar-refractivity contribution in [3.8, 4) is 0 Å². The average molecular weight is 363 g/mol. The number of benzene rings is 2. The van der Waals surface area contributed by atoms with Crippen LogP contribution in [0.4, 0.5) is 0 Å². The predicted octanol–water partition coefficient (Wildman–Crippen LogP) is 3.53. The van der Waals surface area contributed by atoms with Crippen LogP contribution in [0, 0.1) is 0 Å². The van der Waals surface area contributed by atoms with Gasteiger partial charge in [-0.3, -0.25) is 9.59 Å². The Balaban J connectivity index is 1.55. The lowest BCUT2D eigenvalue weighted by molar-refractivity contribution is -0.120. The Morgan fingerprint density at radius 3 is 2.71 bits per heavy atom. The van der Waals surface area contributed by atoms with Crippen LogP contribution >= 0.6 is 23.2 Å². The fraction of sp³-hybridized carbons (Fsp3) is 0.222. The van der Waals surface area contributed by atoms with E-state index in [-0.39, 0.29) is 23.5 Å². The molecule has 4 nitrogen and oxygen atoms in total. The van der Waals surface area contributed by atoms with Gasteiger partial charge in [0.25, 0.3) is 5.91 Å². The first-order valence-corrected chi connectivity index (χ1v) is 8.40. The topological polar surface area (TPSA) is 58.2 Å². The second-order valence-corrected chi connectivity index (χ2v) is 6.51. The predicted molar refractivity (Wildman–Crippen MR) is 94.4 cm³/mol. The van der Waals surface area contributed by atoms with E-state index in [4.69, 9.17) is 23.2 Å². The third-order valence-electron chi connectivity index (χ3n) is 4.05. The average Bonchev–Trinajstić information content (AvgIpc) is 2.96. The summed E-state index contributed by atoms with van der Waals surface area (Å²) < 4.78 is 0. The van der Waals surface area contributed by atoms with E-state index in [2.05, 4.69) is 16.7 Å². The van der Waals surface area contributed by atoms with Gasteiger partial charge in [0.15, 0.2) is 0 Å². The van der Waals surface area contributed by atoms with E-state index in [1.54, 1.807) is 6.07 Å². The maximum Gasteiger partial charge on any atom is 0.253 e. The van der Waals surface area contributed by atoms with Crippen molar-refractivity contribution < 1.29 is 9.59 Å². The number of hydrogen-bond acceptors (Lipinski definition) is 2. The molecule has 0 aromatic heterocycles. The summed E-state index contributed by atoms with van der Waals surface area (Å²) in [6.45, 7) is -0.101. The number of nitrogens with one attached hydrogen (secondary N) is 2. The number of halogens is 2. The van der Waals surface area contributed by atoms with Crippen molar-refractivity contribution >= 4 is 35.0 Å². The molecular weight excluding hydrogens is 347 g/mol. The molecule has 1 unspecified atom stereocenters. The number of fused-ring (bicyclic) bond motifs is 1. The highest BCUT2D eigenvalue weighted by Crippen LogP contribution is 2.30. The highest BCUT2D eigenvalue weighted by atomic mass is 35.5. The Hall–Kier alpha value is -2.04. The first-order valence-electron chi connectivity index (χ1n) is 7.65. The molecule has 0 aliphatic heterocycles. The quantitative estimate of drug-likeness (QED) is 0.873. The normalized spacial score (nSPS) is 15.7. The van der Waals surface area contributed by atoms with E-state index in [9.17, 15) is 9.59 Å². The van der Waals surface area contributed by atoms with Crippen LogP contribution in [0.1, 0.15) is 33.9 Å². The van der Waals surface area contributed by atoms with Gasteiger partial charge in [-0.25, -0.2) is 0 Å². The minimum absolute atomic E-state index is 0.00437. The smallest absolute Gasteiger partial charge is 0.253 e. The van der Waals surface area contributed by atoms with Crippen LogP contribution in [0.3, 0.4) is 0 Å². The summed E-state index contributed by atoms with van der Waals surface area (Å²) >= 11 is 11.8. The highest BCUT2D eigenvalue weighted by molar-refractivity contribution is 6.36. The number of carbonyl (C=O) groups excluding carboxylic acids is 2. The Bertz CT molecular complexity index is 792. The summed E-state index contributed by atoms with van der Waals surface area (Å²) in [7, 11) is 0. The molecule has 0 bridgehead atoms. The van der Waals surface area contributed by atoms with Crippen molar-refractivity contribution in [2.45, 2.75) is 18.9 Å². The monoisotopic (exact) mass is 362 g/mol. The number of hydrogen-bond donors (Lipinski definition) is 2. The molecule has 1 aliphatic rings. The van der Waals surface area contributed by atoms with Gasteiger partial charge in [-0.1, -0.05) is 47.5 Å². The lowest BCUT2D eigenvalue weighted by Crippen LogP contribution is -2.38. The van der Waals surface area contributed by atoms with Gasteiger partial charge in [-0.15, -0.1) is 0 Å². The molecule has 2 aromatic rings. The molecule has 1 aliphatic carbocycles. The SMILES string of the molecule is O=C(CNC(=O)c1ccc(Cl)cc1Cl)NC1CCc2ccccc21. The Labute approximate surface area is 150 Å². The Kier molecular flexibility index (Phi) is 5.07. The summed E-state index contributed by atoms with van der Waals surface area (Å²) in [5.74, 6) is -0.631. The van der Waals surface area contributed by atoms with Gasteiger partial charge < -0.3 is 10.6 Å². The van der Waals surface area contributed by atoms with Crippen LogP contribution in [0.5, 0.6) is 0 Å². The zero-order valence-electron chi connectivity index (χ0n) is 12.8. The summed E-state index contributed by atoms with van der Waals surface area (Å²) in [4.78, 5) is 24.2. The van der Waals surface area contributed by atoms with E-state index in [1.165, 1.54) is 17.7 Å². The number of aryl methyl sites for hydroxylation is 1. The minimum Gasteiger partial charge on any atom is -0.348 e. The van der Waals surface area contributed by atoms with Crippen LogP contribution in [-0.2, 0) is 11.2 Å². The highest BCUT2D eigenvalue weighted by Gasteiger charge is 2.23. The summed E-state index contributed by atoms with van der Waals surface area (Å²) in [6, 6.07) is 12.7. The van der Waals surface area contributed by atoms with Gasteiger partial charge in [0.1, 0.15) is 0 Å². The van der Waals surface area contributed by atoms with Crippen molar-refractivity contribution in [2.75, 3.05) is 6.54 Å². The largest absolute Gasteiger partial charge is 0.348 e. The van der Waals surface area contributed by atoms with Gasteiger partial charge >= 0.3 is 0 Å². The van der Waals surface area contributed by atoms with Crippen molar-refractivity contribution in [1.29, 1.82) is 0 Å². The standard InChI is InChI=1S/C18H16Cl2N2O2/c19-12-6-7-14(15(20)9-12)18(24)21-10-17(23)22-16-8-5-11-3-1-2-4-13(11)16/h1-4,6-7,9,16H,5,8,10H2,(H,21,24)(H,22,23). The minimum atomic E-state index is -0.404. The Morgan fingerprint density at radius 2 is 1.92 bits per heavy atom. The van der Waals surface area contributed by atoms with Crippen molar-refractivity contribution in [3.05, 3.63) is 69.2 Å². The van der Waals surface area contributed by atoms with Gasteiger partial charge in [-0.05, 0) is 42.2 Å². The molecule has 0 fully saturated rings. The molecule has 0 radical (unpaired) electrons. The van der Waals surface area contributed by atoms with Crippen molar-refractivity contribution in [3.63, 3.8) is 0 Å². The number of amides is 2. The molecule has 2 N–H and O–H groups in total. The zero-order chi connectivity index (χ0) is 17.1. The van der Waals surface area contributed by atoms with Gasteiger partial charge in [0.05, 0.1) is 23.2 Å². The third kappa shape index (κ3) is 3.71. The maximum absolute atomic E-state index is 12.1. The van der Waals surface area contributed by atoms with Gasteiger partial charge in [0.2, 0.25) is 5.91 Å². The van der Waals surface area contributed by atoms with Crippen LogP contribution in [-0.4, -0.2) is 18.4 Å². The maximum atomic E-state index is 12.1. The van der Waals surface area contributed by atoms with Crippen molar-refractivity contribution in [2.24, 2.45) is 0 Å². The molecule has 2 amide bonds. The van der Waals surface area contributed by atoms with Crippen molar-refractivity contribution in [1.82, 2.24) is 10.6 Å². The summed E-state index contributed by atoms with van der Waals surface area (Å²) in [6.07, 6.45) is 1.83. The van der Waals surface area contributed by atoms with E-state index in [1.807, 2.05) is 18.2 Å². The molecule has 3 rings (SSSR count). The Morgan fingerprint density at radius 1 is 1.12 bits per heavy atom. The fourth-order valence-corrected chi connectivity index (χ4v) is 3.38. The molecule has 0 spiro atoms. The van der Waals surface area contributed by atoms with Crippen LogP contribution in [0.2, 0.25) is 10.0 Å². The van der Waals surface area contributed by atoms with Crippen LogP contribution in [0.25, 0.3) is 0 Å². The summed E-state index contributed by atoms with van der Waals surface area (Å²) in [5, 5.41) is 6.24. The van der Waals surface area contributed by atoms with E-state index in [0.717, 1.165) is 18.4 Å². The number of carbonyl (C=O) groups is 2. The van der Waals surface area contributed by atoms with E-state index >= 15 is 0 Å². The first-order chi connectivity index (χ1) is 11.5.